The van der Waals surface area contributed by atoms with Crippen LogP contribution in [0.15, 0.2) is 64.5 Å². The molecule has 0 saturated heterocycles. The van der Waals surface area contributed by atoms with E-state index in [1.54, 1.807) is 0 Å². The lowest BCUT2D eigenvalue weighted by atomic mass is 10.1. The van der Waals surface area contributed by atoms with Crippen LogP contribution in [0.4, 0.5) is 5.69 Å². The fourth-order valence-corrected chi connectivity index (χ4v) is 6.19. The molecule has 1 atom stereocenters. The summed E-state index contributed by atoms with van der Waals surface area (Å²) in [5.74, 6) is 0.546. The van der Waals surface area contributed by atoms with Gasteiger partial charge in [0.05, 0.1) is 10.9 Å². The summed E-state index contributed by atoms with van der Waals surface area (Å²) in [7, 11) is 0. The minimum atomic E-state index is -0.311. The number of aromatic nitrogens is 4. The van der Waals surface area contributed by atoms with E-state index in [1.807, 2.05) is 60.4 Å². The molecule has 178 valence electrons. The Balaban J connectivity index is 1.39. The van der Waals surface area contributed by atoms with E-state index in [0.29, 0.717) is 17.9 Å². The molecule has 0 unspecified atom stereocenters. The molecule has 0 saturated carbocycles. The zero-order valence-electron chi connectivity index (χ0n) is 19.7. The van der Waals surface area contributed by atoms with Crippen LogP contribution in [-0.4, -0.2) is 37.0 Å². The lowest BCUT2D eigenvalue weighted by Gasteiger charge is -2.23. The van der Waals surface area contributed by atoms with Gasteiger partial charge in [0.25, 0.3) is 5.56 Å². The van der Waals surface area contributed by atoms with Crippen molar-refractivity contribution in [1.29, 1.82) is 0 Å². The Morgan fingerprint density at radius 3 is 2.63 bits per heavy atom. The van der Waals surface area contributed by atoms with E-state index < -0.39 is 0 Å². The third-order valence-electron chi connectivity index (χ3n) is 6.95. The lowest BCUT2D eigenvalue weighted by molar-refractivity contribution is -0.117. The molecule has 2 aromatic rings. The number of nitrogens with zero attached hydrogens (tertiary/aromatic N) is 5. The molecule has 8 heteroatoms. The van der Waals surface area contributed by atoms with E-state index in [4.69, 9.17) is 4.98 Å². The summed E-state index contributed by atoms with van der Waals surface area (Å²) in [6.45, 7) is 3.46. The minimum Gasteiger partial charge on any atom is -0.324 e. The summed E-state index contributed by atoms with van der Waals surface area (Å²) in [6.07, 6.45) is 4.85. The van der Waals surface area contributed by atoms with Gasteiger partial charge < -0.3 is 9.47 Å². The van der Waals surface area contributed by atoms with Crippen molar-refractivity contribution in [2.45, 2.75) is 56.0 Å². The Labute approximate surface area is 208 Å². The first kappa shape index (κ1) is 22.1. The average molecular weight is 486 g/mol. The van der Waals surface area contributed by atoms with Crippen molar-refractivity contribution in [1.82, 2.24) is 19.3 Å². The molecule has 4 aliphatic rings. The number of anilines is 1. The van der Waals surface area contributed by atoms with Gasteiger partial charge in [-0.2, -0.15) is 4.68 Å². The van der Waals surface area contributed by atoms with Gasteiger partial charge in [0, 0.05) is 24.5 Å². The summed E-state index contributed by atoms with van der Waals surface area (Å²) in [4.78, 5) is 33.6. The molecule has 0 fully saturated rings. The molecule has 6 rings (SSSR count). The molecule has 0 aliphatic carbocycles. The van der Waals surface area contributed by atoms with Gasteiger partial charge in [-0.25, -0.2) is 4.98 Å². The van der Waals surface area contributed by atoms with Crippen molar-refractivity contribution in [2.75, 3.05) is 11.4 Å². The lowest BCUT2D eigenvalue weighted by Crippen LogP contribution is -2.35. The van der Waals surface area contributed by atoms with Crippen LogP contribution in [0.1, 0.15) is 37.4 Å². The van der Waals surface area contributed by atoms with Crippen LogP contribution in [0.3, 0.4) is 0 Å². The van der Waals surface area contributed by atoms with Crippen LogP contribution in [0, 0.1) is 0 Å². The molecule has 0 radical (unpaired) electrons. The van der Waals surface area contributed by atoms with Gasteiger partial charge in [0.15, 0.2) is 11.0 Å². The maximum absolute atomic E-state index is 13.5. The highest BCUT2D eigenvalue weighted by molar-refractivity contribution is 8.00. The summed E-state index contributed by atoms with van der Waals surface area (Å²) in [6, 6.07) is 17.6. The zero-order chi connectivity index (χ0) is 23.9. The maximum atomic E-state index is 13.5. The number of amides is 1. The van der Waals surface area contributed by atoms with Crippen LogP contribution in [0.2, 0.25) is 0 Å². The summed E-state index contributed by atoms with van der Waals surface area (Å²) in [5.41, 5.74) is 4.43. The standard InChI is InChI=1S/C27H27N5O2S/c1-18(25(33)30-17-15-19-10-7-8-13-21(19)30)35-27-28-24-23(22-14-6-3-9-16-31(22)27)26(34)32(29-24)20-11-4-2-5-12-20/h2,4-5,7-8,10-13,18H,3,6,9,14-17H2,1H3/t18-/m0/s1. The molecule has 7 nitrogen and oxygen atoms in total. The SMILES string of the molecule is C[C@H](Sc1nc2nn(-c3ccccc3)c(=O)c-2c2n1CCCCC2)C(=O)N1CCc2ccccc21. The second kappa shape index (κ2) is 9.00. The monoisotopic (exact) mass is 485 g/mol. The predicted molar refractivity (Wildman–Crippen MR) is 138 cm³/mol. The molecule has 0 aromatic heterocycles. The second-order valence-electron chi connectivity index (χ2n) is 9.18. The highest BCUT2D eigenvalue weighted by Gasteiger charge is 2.31. The van der Waals surface area contributed by atoms with Gasteiger partial charge >= 0.3 is 0 Å². The largest absolute Gasteiger partial charge is 0.324 e. The van der Waals surface area contributed by atoms with Crippen molar-refractivity contribution >= 4 is 23.4 Å². The van der Waals surface area contributed by atoms with Crippen molar-refractivity contribution in [3.8, 4) is 17.1 Å². The molecular weight excluding hydrogens is 458 g/mol. The molecule has 1 amide bonds. The van der Waals surface area contributed by atoms with Crippen LogP contribution in [-0.2, 0) is 24.2 Å². The molecule has 35 heavy (non-hydrogen) atoms. The van der Waals surface area contributed by atoms with Gasteiger partial charge in [-0.15, -0.1) is 5.10 Å². The third-order valence-corrected chi connectivity index (χ3v) is 8.03. The Morgan fingerprint density at radius 2 is 1.77 bits per heavy atom. The first-order valence-electron chi connectivity index (χ1n) is 12.3. The maximum Gasteiger partial charge on any atom is 0.284 e. The number of para-hydroxylation sites is 2. The van der Waals surface area contributed by atoms with E-state index in [2.05, 4.69) is 15.7 Å². The van der Waals surface area contributed by atoms with Crippen LogP contribution in [0.5, 0.6) is 0 Å². The highest BCUT2D eigenvalue weighted by atomic mass is 32.2. The van der Waals surface area contributed by atoms with E-state index in [1.165, 1.54) is 22.0 Å². The number of hydrogen-bond acceptors (Lipinski definition) is 5. The number of hydrogen-bond donors (Lipinski definition) is 0. The van der Waals surface area contributed by atoms with Gasteiger partial charge in [-0.3, -0.25) is 9.59 Å². The number of benzene rings is 2. The Hall–Kier alpha value is -3.39. The van der Waals surface area contributed by atoms with Crippen LogP contribution in [0.25, 0.3) is 17.1 Å². The predicted octanol–water partition coefficient (Wildman–Crippen LogP) is 4.33. The fourth-order valence-electron chi connectivity index (χ4n) is 5.18. The smallest absolute Gasteiger partial charge is 0.284 e. The second-order valence-corrected chi connectivity index (χ2v) is 10.5. The van der Waals surface area contributed by atoms with E-state index in [9.17, 15) is 9.59 Å². The van der Waals surface area contributed by atoms with Crippen molar-refractivity contribution in [3.05, 3.63) is 76.2 Å². The number of rotatable bonds is 4. The molecule has 0 spiro atoms. The number of fused-ring (bicyclic) bond motifs is 4. The number of carbonyl (C=O) groups is 1. The van der Waals surface area contributed by atoms with E-state index >= 15 is 0 Å². The zero-order valence-corrected chi connectivity index (χ0v) is 20.5. The summed E-state index contributed by atoms with van der Waals surface area (Å²) >= 11 is 1.47. The first-order valence-corrected chi connectivity index (χ1v) is 13.1. The Kier molecular flexibility index (Phi) is 5.68. The van der Waals surface area contributed by atoms with Gasteiger partial charge in [0.2, 0.25) is 5.91 Å². The van der Waals surface area contributed by atoms with Gasteiger partial charge in [-0.1, -0.05) is 54.6 Å². The molecule has 4 aliphatic heterocycles. The quantitative estimate of drug-likeness (QED) is 0.318. The van der Waals surface area contributed by atoms with Crippen molar-refractivity contribution < 1.29 is 4.79 Å². The highest BCUT2D eigenvalue weighted by Crippen LogP contribution is 2.34. The molecular formula is C27H27N5O2S. The Bertz CT molecular complexity index is 1430. The topological polar surface area (TPSA) is 73.0 Å². The van der Waals surface area contributed by atoms with Crippen LogP contribution < -0.4 is 10.5 Å². The fraction of sp³-hybridized carbons (Fsp3) is 0.333. The number of thioether (sulfide) groups is 1. The van der Waals surface area contributed by atoms with E-state index in [0.717, 1.165) is 60.9 Å². The normalized spacial score (nSPS) is 16.1. The average Bonchev–Trinajstić information content (AvgIpc) is 3.36. The van der Waals surface area contributed by atoms with Crippen LogP contribution >= 0.6 is 11.8 Å². The third kappa shape index (κ3) is 3.86. The van der Waals surface area contributed by atoms with Crippen molar-refractivity contribution in [2.24, 2.45) is 0 Å². The first-order chi connectivity index (χ1) is 17.1. The molecule has 4 heterocycles. The van der Waals surface area contributed by atoms with E-state index in [-0.39, 0.29) is 16.7 Å². The summed E-state index contributed by atoms with van der Waals surface area (Å²) < 4.78 is 3.62. The number of carbonyl (C=O) groups excluding carboxylic acids is 1. The van der Waals surface area contributed by atoms with Crippen molar-refractivity contribution in [3.63, 3.8) is 0 Å². The molecule has 2 aromatic carbocycles. The molecule has 0 N–H and O–H groups in total. The summed E-state index contributed by atoms with van der Waals surface area (Å²) in [5, 5.41) is 5.07. The van der Waals surface area contributed by atoms with Gasteiger partial charge in [-0.05, 0) is 56.4 Å². The molecule has 0 bridgehead atoms. The minimum absolute atomic E-state index is 0.0872. The van der Waals surface area contributed by atoms with Gasteiger partial charge in [0.1, 0.15) is 5.56 Å². The Morgan fingerprint density at radius 1 is 0.971 bits per heavy atom.